The second-order valence-electron chi connectivity index (χ2n) is 4.09. The molecule has 81 valence electrons. The lowest BCUT2D eigenvalue weighted by molar-refractivity contribution is 0.292. The van der Waals surface area contributed by atoms with Gasteiger partial charge in [-0.25, -0.2) is 0 Å². The van der Waals surface area contributed by atoms with E-state index in [-0.39, 0.29) is 12.1 Å². The summed E-state index contributed by atoms with van der Waals surface area (Å²) >= 11 is 5.86. The summed E-state index contributed by atoms with van der Waals surface area (Å²) in [6, 6.07) is 8.00. The molecule has 0 aromatic heterocycles. The lowest BCUT2D eigenvalue weighted by Gasteiger charge is -2.35. The molecule has 1 aromatic rings. The number of nitrogens with one attached hydrogen (secondary N) is 1. The molecule has 0 amide bonds. The van der Waals surface area contributed by atoms with E-state index in [0.717, 1.165) is 18.0 Å². The zero-order valence-electron chi connectivity index (χ0n) is 8.62. The van der Waals surface area contributed by atoms with Gasteiger partial charge in [0.25, 0.3) is 0 Å². The molecule has 1 heterocycles. The lowest BCUT2D eigenvalue weighted by Crippen LogP contribution is -2.49. The van der Waals surface area contributed by atoms with Crippen LogP contribution < -0.4 is 11.1 Å². The largest absolute Gasteiger partial charge is 0.316 e. The zero-order valence-corrected chi connectivity index (χ0v) is 9.37. The fourth-order valence-corrected chi connectivity index (χ4v) is 2.27. The van der Waals surface area contributed by atoms with Crippen LogP contribution in [-0.2, 0) is 0 Å². The summed E-state index contributed by atoms with van der Waals surface area (Å²) in [4.78, 5) is 0. The van der Waals surface area contributed by atoms with E-state index in [4.69, 9.17) is 17.3 Å². The average molecular weight is 224 g/mol. The predicted molar refractivity (Wildman–Crippen MR) is 63.6 cm³/mol. The monoisotopic (exact) mass is 223 g/mol. The predicted octanol–water partition coefficient (Wildman–Crippen LogP) is 2.15. The van der Waals surface area contributed by atoms with Gasteiger partial charge in [-0.15, -0.1) is 0 Å². The molecule has 3 atom stereocenters. The Balaban J connectivity index is 2.18. The van der Waals surface area contributed by atoms with Crippen molar-refractivity contribution in [1.82, 2.24) is 5.32 Å². The van der Waals surface area contributed by atoms with Crippen molar-refractivity contribution in [3.05, 3.63) is 41.8 Å². The Morgan fingerprint density at radius 3 is 2.67 bits per heavy atom. The third-order valence-corrected chi connectivity index (χ3v) is 3.36. The number of rotatable bonds is 1. The summed E-state index contributed by atoms with van der Waals surface area (Å²) in [7, 11) is 0. The van der Waals surface area contributed by atoms with E-state index in [1.54, 1.807) is 0 Å². The van der Waals surface area contributed by atoms with Crippen LogP contribution in [0.25, 0.3) is 0 Å². The molecule has 0 aliphatic carbocycles. The molecule has 1 aliphatic heterocycles. The second-order valence-corrected chi connectivity index (χ2v) is 4.53. The van der Waals surface area contributed by atoms with Crippen molar-refractivity contribution in [2.24, 2.45) is 11.7 Å². The van der Waals surface area contributed by atoms with Crippen LogP contribution >= 0.6 is 11.6 Å². The standard InChI is InChI=1S/C12H16ClN2/c1-8-11(6-7-15-12(8)14)9-2-4-10(13)5-3-9/h2-5,8,11-12,15H,1,6-7,14H2. The fourth-order valence-electron chi connectivity index (χ4n) is 2.15. The minimum atomic E-state index is -0.000530. The van der Waals surface area contributed by atoms with Gasteiger partial charge in [0, 0.05) is 5.02 Å². The molecular weight excluding hydrogens is 208 g/mol. The Bertz CT molecular complexity index is 323. The Hall–Kier alpha value is -0.570. The van der Waals surface area contributed by atoms with Crippen LogP contribution in [0.15, 0.2) is 24.3 Å². The summed E-state index contributed by atoms with van der Waals surface area (Å²) in [6.45, 7) is 5.10. The van der Waals surface area contributed by atoms with Gasteiger partial charge in [0.15, 0.2) is 0 Å². The van der Waals surface area contributed by atoms with E-state index in [9.17, 15) is 0 Å². The van der Waals surface area contributed by atoms with Gasteiger partial charge < -0.3 is 11.1 Å². The van der Waals surface area contributed by atoms with Gasteiger partial charge in [-0.05, 0) is 49.4 Å². The number of piperidine rings is 1. The first-order valence-corrected chi connectivity index (χ1v) is 5.64. The summed E-state index contributed by atoms with van der Waals surface area (Å²) in [5.41, 5.74) is 7.22. The normalized spacial score (nSPS) is 31.5. The topological polar surface area (TPSA) is 38.0 Å². The molecule has 0 saturated carbocycles. The molecule has 1 fully saturated rings. The Kier molecular flexibility index (Phi) is 3.29. The molecule has 3 heteroatoms. The van der Waals surface area contributed by atoms with Crippen LogP contribution in [0, 0.1) is 12.8 Å². The minimum Gasteiger partial charge on any atom is -0.316 e. The smallest absolute Gasteiger partial charge is 0.0581 e. The maximum atomic E-state index is 5.94. The highest BCUT2D eigenvalue weighted by atomic mass is 35.5. The molecule has 3 unspecified atom stereocenters. The van der Waals surface area contributed by atoms with Crippen LogP contribution in [0.5, 0.6) is 0 Å². The molecule has 0 bridgehead atoms. The number of halogens is 1. The van der Waals surface area contributed by atoms with Crippen molar-refractivity contribution in [2.45, 2.75) is 18.5 Å². The second kappa shape index (κ2) is 4.52. The first-order valence-electron chi connectivity index (χ1n) is 5.26. The molecule has 2 nitrogen and oxygen atoms in total. The Morgan fingerprint density at radius 2 is 2.00 bits per heavy atom. The van der Waals surface area contributed by atoms with Crippen molar-refractivity contribution >= 4 is 11.6 Å². The number of hydrogen-bond acceptors (Lipinski definition) is 2. The van der Waals surface area contributed by atoms with E-state index >= 15 is 0 Å². The number of benzene rings is 1. The summed E-state index contributed by atoms with van der Waals surface area (Å²) < 4.78 is 0. The average Bonchev–Trinajstić information content (AvgIpc) is 2.24. The molecular formula is C12H16ClN2. The quantitative estimate of drug-likeness (QED) is 0.766. The van der Waals surface area contributed by atoms with E-state index in [2.05, 4.69) is 24.4 Å². The van der Waals surface area contributed by atoms with E-state index in [1.165, 1.54) is 5.56 Å². The molecule has 15 heavy (non-hydrogen) atoms. The first kappa shape index (κ1) is 10.9. The van der Waals surface area contributed by atoms with Gasteiger partial charge in [-0.2, -0.15) is 0 Å². The van der Waals surface area contributed by atoms with Crippen molar-refractivity contribution in [2.75, 3.05) is 6.54 Å². The van der Waals surface area contributed by atoms with E-state index in [1.807, 2.05) is 12.1 Å². The summed E-state index contributed by atoms with van der Waals surface area (Å²) in [5, 5.41) is 4.01. The summed E-state index contributed by atoms with van der Waals surface area (Å²) in [6.07, 6.45) is 1.09. The molecule has 1 aromatic carbocycles. The van der Waals surface area contributed by atoms with Crippen LogP contribution in [0.3, 0.4) is 0 Å². The van der Waals surface area contributed by atoms with Crippen LogP contribution in [0.4, 0.5) is 0 Å². The van der Waals surface area contributed by atoms with Crippen molar-refractivity contribution in [3.8, 4) is 0 Å². The number of nitrogens with two attached hydrogens (primary N) is 1. The van der Waals surface area contributed by atoms with Gasteiger partial charge >= 0.3 is 0 Å². The van der Waals surface area contributed by atoms with E-state index < -0.39 is 0 Å². The fraction of sp³-hybridized carbons (Fsp3) is 0.417. The molecule has 3 N–H and O–H groups in total. The molecule has 0 spiro atoms. The highest BCUT2D eigenvalue weighted by Gasteiger charge is 2.28. The summed E-state index contributed by atoms with van der Waals surface area (Å²) in [5.74, 6) is 0.665. The lowest BCUT2D eigenvalue weighted by atomic mass is 9.80. The molecule has 1 radical (unpaired) electrons. The SMILES string of the molecule is [CH2]C1C(N)NCCC1c1ccc(Cl)cc1. The van der Waals surface area contributed by atoms with Gasteiger partial charge in [-0.3, -0.25) is 0 Å². The van der Waals surface area contributed by atoms with Crippen LogP contribution in [0.2, 0.25) is 5.02 Å². The Morgan fingerprint density at radius 1 is 1.33 bits per heavy atom. The van der Waals surface area contributed by atoms with Gasteiger partial charge in [0.2, 0.25) is 0 Å². The third-order valence-electron chi connectivity index (χ3n) is 3.11. The van der Waals surface area contributed by atoms with Gasteiger partial charge in [0.1, 0.15) is 0 Å². The highest BCUT2D eigenvalue weighted by Crippen LogP contribution is 2.31. The number of hydrogen-bond donors (Lipinski definition) is 2. The highest BCUT2D eigenvalue weighted by molar-refractivity contribution is 6.30. The Labute approximate surface area is 95.8 Å². The molecule has 1 aliphatic rings. The minimum absolute atomic E-state index is 0.000530. The van der Waals surface area contributed by atoms with Crippen molar-refractivity contribution in [1.29, 1.82) is 0 Å². The molecule has 1 saturated heterocycles. The van der Waals surface area contributed by atoms with Crippen LogP contribution in [-0.4, -0.2) is 12.7 Å². The van der Waals surface area contributed by atoms with Gasteiger partial charge in [-0.1, -0.05) is 23.7 Å². The maximum absolute atomic E-state index is 5.94. The maximum Gasteiger partial charge on any atom is 0.0581 e. The van der Waals surface area contributed by atoms with Gasteiger partial charge in [0.05, 0.1) is 6.17 Å². The van der Waals surface area contributed by atoms with Crippen molar-refractivity contribution < 1.29 is 0 Å². The van der Waals surface area contributed by atoms with Crippen LogP contribution in [0.1, 0.15) is 17.9 Å². The molecule has 2 rings (SSSR count). The van der Waals surface area contributed by atoms with E-state index in [0.29, 0.717) is 5.92 Å². The first-order chi connectivity index (χ1) is 7.18. The zero-order chi connectivity index (χ0) is 10.8. The van der Waals surface area contributed by atoms with Crippen molar-refractivity contribution in [3.63, 3.8) is 0 Å². The third kappa shape index (κ3) is 2.33.